The standard InChI is InChI=1S/C32H30/c1-19-15-29-21(3)27-11-7-5-9-23(27)17-31(29)25(19)13-14-26-20(2)16-30-22(4)28-12-8-6-10-24(28)18-32(26)30/h5-12,15-18,21-22H,13-14H2,1-4H3. The Labute approximate surface area is 192 Å². The molecular weight excluding hydrogens is 384 g/mol. The highest BCUT2D eigenvalue weighted by atomic mass is 14.4. The summed E-state index contributed by atoms with van der Waals surface area (Å²) < 4.78 is 0. The molecule has 0 heteroatoms. The van der Waals surface area contributed by atoms with Gasteiger partial charge in [0.15, 0.2) is 0 Å². The van der Waals surface area contributed by atoms with E-state index in [2.05, 4.69) is 101 Å². The van der Waals surface area contributed by atoms with Crippen LogP contribution in [-0.4, -0.2) is 0 Å². The number of allylic oxidation sites excluding steroid dienone is 10. The van der Waals surface area contributed by atoms with E-state index in [0.717, 1.165) is 12.8 Å². The topological polar surface area (TPSA) is 0 Å². The summed E-state index contributed by atoms with van der Waals surface area (Å²) >= 11 is 0. The molecule has 0 bridgehead atoms. The minimum atomic E-state index is 0.470. The first-order valence-corrected chi connectivity index (χ1v) is 12.0. The summed E-state index contributed by atoms with van der Waals surface area (Å²) in [7, 11) is 0. The molecule has 0 fully saturated rings. The van der Waals surface area contributed by atoms with Crippen molar-refractivity contribution < 1.29 is 0 Å². The Morgan fingerprint density at radius 3 is 1.41 bits per heavy atom. The fraction of sp³-hybridized carbons (Fsp3) is 0.250. The van der Waals surface area contributed by atoms with Crippen LogP contribution in [0.5, 0.6) is 0 Å². The van der Waals surface area contributed by atoms with Crippen LogP contribution in [0, 0.1) is 0 Å². The van der Waals surface area contributed by atoms with E-state index in [9.17, 15) is 0 Å². The molecule has 4 aliphatic carbocycles. The predicted octanol–water partition coefficient (Wildman–Crippen LogP) is 8.68. The van der Waals surface area contributed by atoms with Gasteiger partial charge in [0.1, 0.15) is 0 Å². The van der Waals surface area contributed by atoms with Crippen LogP contribution in [0.3, 0.4) is 0 Å². The van der Waals surface area contributed by atoms with Crippen LogP contribution in [0.15, 0.2) is 105 Å². The third-order valence-corrected chi connectivity index (χ3v) is 8.05. The van der Waals surface area contributed by atoms with Crippen LogP contribution in [-0.2, 0) is 0 Å². The molecule has 0 nitrogen and oxygen atoms in total. The molecule has 158 valence electrons. The van der Waals surface area contributed by atoms with Crippen molar-refractivity contribution in [3.8, 4) is 0 Å². The minimum absolute atomic E-state index is 0.470. The molecule has 0 radical (unpaired) electrons. The summed E-state index contributed by atoms with van der Waals surface area (Å²) in [6.45, 7) is 9.33. The maximum atomic E-state index is 2.44. The maximum Gasteiger partial charge on any atom is 0.00730 e. The molecule has 2 unspecified atom stereocenters. The number of fused-ring (bicyclic) bond motifs is 4. The van der Waals surface area contributed by atoms with E-state index in [1.807, 2.05) is 0 Å². The Morgan fingerprint density at radius 2 is 0.969 bits per heavy atom. The van der Waals surface area contributed by atoms with Gasteiger partial charge < -0.3 is 0 Å². The minimum Gasteiger partial charge on any atom is -0.0619 e. The second-order valence-electron chi connectivity index (χ2n) is 9.84. The molecule has 4 aliphatic rings. The summed E-state index contributed by atoms with van der Waals surface area (Å²) in [4.78, 5) is 0. The Balaban J connectivity index is 1.31. The van der Waals surface area contributed by atoms with E-state index in [4.69, 9.17) is 0 Å². The van der Waals surface area contributed by atoms with Gasteiger partial charge in [-0.25, -0.2) is 0 Å². The van der Waals surface area contributed by atoms with Gasteiger partial charge in [-0.15, -0.1) is 0 Å². The number of hydrogen-bond donors (Lipinski definition) is 0. The molecule has 2 aromatic rings. The summed E-state index contributed by atoms with van der Waals surface area (Å²) in [5.74, 6) is 0.940. The molecular formula is C32H30. The average Bonchev–Trinajstić information content (AvgIpc) is 3.29. The third kappa shape index (κ3) is 2.82. The lowest BCUT2D eigenvalue weighted by Crippen LogP contribution is -2.08. The lowest BCUT2D eigenvalue weighted by molar-refractivity contribution is 0.870. The Morgan fingerprint density at radius 1 is 0.562 bits per heavy atom. The monoisotopic (exact) mass is 414 g/mol. The lowest BCUT2D eigenvalue weighted by Gasteiger charge is -2.26. The summed E-state index contributed by atoms with van der Waals surface area (Å²) in [6, 6.07) is 17.8. The molecule has 0 spiro atoms. The first kappa shape index (κ1) is 19.6. The van der Waals surface area contributed by atoms with Gasteiger partial charge in [-0.1, -0.05) is 74.5 Å². The van der Waals surface area contributed by atoms with E-state index in [-0.39, 0.29) is 0 Å². The zero-order valence-electron chi connectivity index (χ0n) is 19.5. The number of hydrogen-bond acceptors (Lipinski definition) is 0. The van der Waals surface area contributed by atoms with Gasteiger partial charge in [0.2, 0.25) is 0 Å². The molecule has 32 heavy (non-hydrogen) atoms. The van der Waals surface area contributed by atoms with Gasteiger partial charge in [0.25, 0.3) is 0 Å². The SMILES string of the molecule is CC1=C(CCC2=C(C)C=C3C2=Cc2ccccc2C3C)C2=Cc3ccccc3C(C)C2=C1. The van der Waals surface area contributed by atoms with E-state index < -0.39 is 0 Å². The highest BCUT2D eigenvalue weighted by Gasteiger charge is 2.31. The van der Waals surface area contributed by atoms with Crippen LogP contribution >= 0.6 is 0 Å². The molecule has 0 saturated carbocycles. The van der Waals surface area contributed by atoms with Gasteiger partial charge in [0.05, 0.1) is 0 Å². The summed E-state index contributed by atoms with van der Waals surface area (Å²) in [6.07, 6.45) is 12.0. The zero-order valence-corrected chi connectivity index (χ0v) is 19.5. The third-order valence-electron chi connectivity index (χ3n) is 8.05. The van der Waals surface area contributed by atoms with Crippen LogP contribution in [0.25, 0.3) is 12.2 Å². The van der Waals surface area contributed by atoms with E-state index in [1.165, 1.54) is 55.7 Å². The van der Waals surface area contributed by atoms with Crippen molar-refractivity contribution in [3.05, 3.63) is 128 Å². The van der Waals surface area contributed by atoms with E-state index in [1.54, 1.807) is 11.1 Å². The fourth-order valence-corrected chi connectivity index (χ4v) is 6.26. The van der Waals surface area contributed by atoms with Gasteiger partial charge in [-0.05, 0) is 106 Å². The van der Waals surface area contributed by atoms with Crippen LogP contribution in [0.2, 0.25) is 0 Å². The highest BCUT2D eigenvalue weighted by molar-refractivity contribution is 5.79. The van der Waals surface area contributed by atoms with Crippen molar-refractivity contribution in [1.29, 1.82) is 0 Å². The Hall–Kier alpha value is -3.12. The number of rotatable bonds is 3. The molecule has 0 aromatic heterocycles. The van der Waals surface area contributed by atoms with E-state index >= 15 is 0 Å². The normalized spacial score (nSPS) is 23.1. The second-order valence-corrected chi connectivity index (χ2v) is 9.84. The quantitative estimate of drug-likeness (QED) is 0.471. The van der Waals surface area contributed by atoms with Crippen LogP contribution in [0.1, 0.15) is 74.6 Å². The predicted molar refractivity (Wildman–Crippen MR) is 136 cm³/mol. The summed E-state index contributed by atoms with van der Waals surface area (Å²) in [5.41, 5.74) is 17.7. The Bertz CT molecular complexity index is 1240. The van der Waals surface area contributed by atoms with Crippen molar-refractivity contribution >= 4 is 12.2 Å². The van der Waals surface area contributed by atoms with Crippen molar-refractivity contribution in [2.24, 2.45) is 0 Å². The molecule has 2 atom stereocenters. The van der Waals surface area contributed by atoms with Crippen LogP contribution < -0.4 is 0 Å². The van der Waals surface area contributed by atoms with Crippen molar-refractivity contribution in [1.82, 2.24) is 0 Å². The number of benzene rings is 2. The molecule has 0 N–H and O–H groups in total. The maximum absolute atomic E-state index is 2.44. The van der Waals surface area contributed by atoms with E-state index in [0.29, 0.717) is 11.8 Å². The van der Waals surface area contributed by atoms with Crippen molar-refractivity contribution in [2.75, 3.05) is 0 Å². The molecule has 6 rings (SSSR count). The van der Waals surface area contributed by atoms with Gasteiger partial charge in [-0.2, -0.15) is 0 Å². The summed E-state index contributed by atoms with van der Waals surface area (Å²) in [5, 5.41) is 0. The first-order valence-electron chi connectivity index (χ1n) is 12.0. The highest BCUT2D eigenvalue weighted by Crippen LogP contribution is 2.50. The average molecular weight is 415 g/mol. The largest absolute Gasteiger partial charge is 0.0619 e. The lowest BCUT2D eigenvalue weighted by atomic mass is 9.78. The second kappa shape index (κ2) is 7.20. The molecule has 0 saturated heterocycles. The van der Waals surface area contributed by atoms with Gasteiger partial charge in [0, 0.05) is 11.8 Å². The fourth-order valence-electron chi connectivity index (χ4n) is 6.26. The van der Waals surface area contributed by atoms with Crippen molar-refractivity contribution in [3.63, 3.8) is 0 Å². The Kier molecular flexibility index (Phi) is 4.40. The molecule has 0 amide bonds. The zero-order chi connectivity index (χ0) is 22.0. The molecule has 2 aromatic carbocycles. The van der Waals surface area contributed by atoms with Gasteiger partial charge in [-0.3, -0.25) is 0 Å². The van der Waals surface area contributed by atoms with Crippen molar-refractivity contribution in [2.45, 2.75) is 52.4 Å². The first-order chi connectivity index (χ1) is 15.5. The smallest absolute Gasteiger partial charge is 0.00730 e. The molecule has 0 aliphatic heterocycles. The van der Waals surface area contributed by atoms with Gasteiger partial charge >= 0.3 is 0 Å². The van der Waals surface area contributed by atoms with Crippen LogP contribution in [0.4, 0.5) is 0 Å². The molecule has 0 heterocycles.